The van der Waals surface area contributed by atoms with Crippen LogP contribution in [0, 0.1) is 23.7 Å². The predicted octanol–water partition coefficient (Wildman–Crippen LogP) is 9.15. The topological polar surface area (TPSA) is 272 Å². The van der Waals surface area contributed by atoms with Crippen LogP contribution >= 0.6 is 0 Å². The number of hydrogen-bond donors (Lipinski definition) is 2. The minimum absolute atomic E-state index is 0.0128. The molecule has 18 rings (SSSR count). The predicted molar refractivity (Wildman–Crippen MR) is 403 cm³/mol. The summed E-state index contributed by atoms with van der Waals surface area (Å²) < 4.78 is 64.3. The largest absolute Gasteiger partial charge is 0.491 e. The Morgan fingerprint density at radius 2 is 0.877 bits per heavy atom. The van der Waals surface area contributed by atoms with Crippen LogP contribution in [0.4, 0.5) is 0 Å². The zero-order chi connectivity index (χ0) is 73.2. The lowest BCUT2D eigenvalue weighted by Crippen LogP contribution is -2.28. The van der Waals surface area contributed by atoms with Crippen LogP contribution in [0.15, 0.2) is 123 Å². The fourth-order valence-electron chi connectivity index (χ4n) is 13.5. The average molecular weight is 1450 g/mol. The molecule has 24 nitrogen and oxygen atoms in total. The highest BCUT2D eigenvalue weighted by atomic mass is 16.6. The van der Waals surface area contributed by atoms with Crippen molar-refractivity contribution in [2.75, 3.05) is 112 Å². The molecule has 4 aromatic heterocycles. The molecule has 0 radical (unpaired) electrons. The fraction of sp³-hybridized carbons (Fsp3) is 0.439. The summed E-state index contributed by atoms with van der Waals surface area (Å²) in [6, 6.07) is 30.4. The van der Waals surface area contributed by atoms with E-state index in [1.54, 1.807) is 9.36 Å². The SMILES string of the molecule is CCCCCCn1c(=O)c2c3c4c(=O)n(CCOCCO)c(=O)c4c(c2c1=O)CCCCCn1cc(nn1)COCCOCCOc1cc(cc(OCCOCCOCCO)c1)C#Cc1cc2ccc4cc(cc5ccc(c1)c2c45)C#Cc1ccc(cc1)OCCOCCOCc1cn(nn1)CCCCC3. The number of ether oxygens (including phenoxy) is 10. The van der Waals surface area contributed by atoms with E-state index in [2.05, 4.69) is 99.8 Å². The van der Waals surface area contributed by atoms with Gasteiger partial charge < -0.3 is 57.6 Å². The highest BCUT2D eigenvalue weighted by Gasteiger charge is 2.29. The van der Waals surface area contributed by atoms with E-state index in [-0.39, 0.29) is 94.1 Å². The standard InChI is InChI=1S/C82H92N8O16/c1-2-3-4-11-28-89-79(93)75-71-12-7-5-9-26-87-54-66(83-85-87)56-102-39-37-100-41-44-104-68-24-18-58(19-25-68)14-15-59-47-62-20-22-64-49-60(50-65-23-21-63(48-59)73(62)74(64)65)16-17-61-51-69(105-45-42-99-36-35-98-34-31-92)53-70(52-61)106-46-43-101-38-40-103-57-67-55-88(86-84-67)27-10-6-8-13-72(76(75)80(89)94)78-77(71)81(95)90(82(78)96)29-32-97-33-30-91/h18-25,47-55,91-92H,2-13,26-46,56-57H2,1H3. The molecule has 0 spiro atoms. The van der Waals surface area contributed by atoms with Gasteiger partial charge in [-0.15, -0.1) is 10.2 Å². The molecule has 106 heavy (non-hydrogen) atoms. The summed E-state index contributed by atoms with van der Waals surface area (Å²) in [6.07, 6.45) is 11.6. The molecule has 2 N–H and O–H groups in total. The van der Waals surface area contributed by atoms with Crippen molar-refractivity contribution < 1.29 is 57.6 Å². The number of aliphatic hydroxyl groups excluding tert-OH is 2. The van der Waals surface area contributed by atoms with Crippen molar-refractivity contribution in [2.24, 2.45) is 0 Å². The van der Waals surface area contributed by atoms with Gasteiger partial charge in [-0.05, 0) is 149 Å². The van der Waals surface area contributed by atoms with Crippen molar-refractivity contribution in [3.63, 3.8) is 0 Å². The van der Waals surface area contributed by atoms with Crippen LogP contribution in [-0.4, -0.2) is 162 Å². The number of aryl methyl sites for hydroxylation is 4. The van der Waals surface area contributed by atoms with E-state index in [1.807, 2.05) is 54.9 Å². The molecule has 556 valence electrons. The lowest BCUT2D eigenvalue weighted by molar-refractivity contribution is 0.0246. The summed E-state index contributed by atoms with van der Waals surface area (Å²) in [5.74, 6) is 15.3. The van der Waals surface area contributed by atoms with E-state index in [0.29, 0.717) is 182 Å². The van der Waals surface area contributed by atoms with Crippen molar-refractivity contribution >= 4 is 53.9 Å². The fourth-order valence-corrected chi connectivity index (χ4v) is 13.5. The molecule has 18 bridgehead atoms. The number of benzene rings is 7. The minimum Gasteiger partial charge on any atom is -0.491 e. The van der Waals surface area contributed by atoms with Crippen molar-refractivity contribution in [1.82, 2.24) is 39.1 Å². The number of rotatable bonds is 19. The van der Waals surface area contributed by atoms with E-state index in [4.69, 9.17) is 52.5 Å². The molecule has 0 fully saturated rings. The quantitative estimate of drug-likeness (QED) is 0.0434. The van der Waals surface area contributed by atoms with Gasteiger partial charge in [0.25, 0.3) is 22.2 Å². The van der Waals surface area contributed by atoms with Crippen LogP contribution in [-0.2, 0) is 85.4 Å². The Balaban J connectivity index is 0.729. The molecule has 0 saturated heterocycles. The van der Waals surface area contributed by atoms with Crippen LogP contribution in [0.25, 0.3) is 53.9 Å². The Morgan fingerprint density at radius 1 is 0.425 bits per heavy atom. The second-order valence-electron chi connectivity index (χ2n) is 26.2. The van der Waals surface area contributed by atoms with Gasteiger partial charge in [0, 0.05) is 48.0 Å². The van der Waals surface area contributed by atoms with Gasteiger partial charge in [0.15, 0.2) is 0 Å². The zero-order valence-electron chi connectivity index (χ0n) is 60.3. The molecular formula is C82H92N8O16. The molecular weight excluding hydrogens is 1350 g/mol. The highest BCUT2D eigenvalue weighted by Crippen LogP contribution is 2.37. The van der Waals surface area contributed by atoms with E-state index in [1.165, 1.54) is 15.3 Å². The number of hydrogen-bond acceptors (Lipinski definition) is 20. The highest BCUT2D eigenvalue weighted by molar-refractivity contribution is 6.23. The third kappa shape index (κ3) is 20.1. The first-order valence-electron chi connectivity index (χ1n) is 37.0. The summed E-state index contributed by atoms with van der Waals surface area (Å²) in [7, 11) is 0. The number of nitrogens with zero attached hydrogens (tertiary/aromatic N) is 8. The lowest BCUT2D eigenvalue weighted by atomic mass is 9.91. The Bertz CT molecular complexity index is 4890. The molecule has 0 saturated carbocycles. The second kappa shape index (κ2) is 39.1. The third-order valence-corrected chi connectivity index (χ3v) is 18.6. The van der Waals surface area contributed by atoms with Crippen LogP contribution in [0.5, 0.6) is 17.2 Å². The van der Waals surface area contributed by atoms with Gasteiger partial charge in [-0.25, -0.2) is 0 Å². The Labute approximate surface area is 613 Å². The second-order valence-corrected chi connectivity index (χ2v) is 26.2. The molecule has 0 aliphatic carbocycles. The van der Waals surface area contributed by atoms with Gasteiger partial charge in [0.1, 0.15) is 48.5 Å². The Morgan fingerprint density at radius 3 is 1.40 bits per heavy atom. The maximum Gasteiger partial charge on any atom is 0.261 e. The van der Waals surface area contributed by atoms with Gasteiger partial charge in [0.2, 0.25) is 0 Å². The lowest BCUT2D eigenvalue weighted by Gasteiger charge is -2.12. The molecule has 0 atom stereocenters. The van der Waals surface area contributed by atoms with Crippen molar-refractivity contribution in [1.29, 1.82) is 0 Å². The van der Waals surface area contributed by atoms with Gasteiger partial charge in [-0.1, -0.05) is 97.4 Å². The first kappa shape index (κ1) is 76.0. The van der Waals surface area contributed by atoms with E-state index in [9.17, 15) is 24.3 Å². The van der Waals surface area contributed by atoms with Gasteiger partial charge in [0.05, 0.1) is 146 Å². The summed E-state index contributed by atoms with van der Waals surface area (Å²) in [4.78, 5) is 58.7. The van der Waals surface area contributed by atoms with Crippen molar-refractivity contribution in [3.8, 4) is 40.9 Å². The molecule has 11 heterocycles. The smallest absolute Gasteiger partial charge is 0.261 e. The number of unbranched alkanes of at least 4 members (excludes halogenated alkanes) is 3. The first-order chi connectivity index (χ1) is 52.1. The van der Waals surface area contributed by atoms with Crippen molar-refractivity contribution in [3.05, 3.63) is 190 Å². The van der Waals surface area contributed by atoms with Crippen LogP contribution < -0.4 is 36.4 Å². The summed E-state index contributed by atoms with van der Waals surface area (Å²) in [5, 5.41) is 43.3. The minimum atomic E-state index is -0.517. The zero-order valence-corrected chi connectivity index (χ0v) is 60.3. The van der Waals surface area contributed by atoms with E-state index in [0.717, 1.165) is 62.1 Å². The maximum atomic E-state index is 14.7. The number of aromatic nitrogens is 8. The summed E-state index contributed by atoms with van der Waals surface area (Å²) in [5.41, 5.74) is 3.64. The third-order valence-electron chi connectivity index (χ3n) is 18.6. The summed E-state index contributed by atoms with van der Waals surface area (Å²) >= 11 is 0. The average Bonchev–Trinajstić information content (AvgIpc) is 1.52. The van der Waals surface area contributed by atoms with Gasteiger partial charge in [-0.2, -0.15) is 0 Å². The normalized spacial score (nSPS) is 14.8. The van der Waals surface area contributed by atoms with Gasteiger partial charge >= 0.3 is 0 Å². The summed E-state index contributed by atoms with van der Waals surface area (Å²) in [6.45, 7) is 7.86. The maximum absolute atomic E-state index is 14.7. The van der Waals surface area contributed by atoms with Crippen LogP contribution in [0.3, 0.4) is 0 Å². The molecule has 11 aromatic rings. The number of aliphatic hydroxyl groups is 2. The van der Waals surface area contributed by atoms with Crippen molar-refractivity contribution in [2.45, 2.75) is 123 Å². The first-order valence-corrected chi connectivity index (χ1v) is 37.0. The van der Waals surface area contributed by atoms with E-state index >= 15 is 0 Å². The molecule has 0 unspecified atom stereocenters. The molecule has 7 aliphatic rings. The Hall–Kier alpha value is -9.70. The molecule has 7 aromatic carbocycles. The molecule has 0 amide bonds. The van der Waals surface area contributed by atoms with Gasteiger partial charge in [-0.3, -0.25) is 37.7 Å². The van der Waals surface area contributed by atoms with E-state index < -0.39 is 22.2 Å². The molecule has 7 aliphatic heterocycles. The Kier molecular flexibility index (Phi) is 28.0. The van der Waals surface area contributed by atoms with Crippen LogP contribution in [0.2, 0.25) is 0 Å². The monoisotopic (exact) mass is 1440 g/mol. The molecule has 24 heteroatoms. The van der Waals surface area contributed by atoms with Crippen LogP contribution in [0.1, 0.15) is 116 Å².